The van der Waals surface area contributed by atoms with Gasteiger partial charge >= 0.3 is 0 Å². The van der Waals surface area contributed by atoms with Gasteiger partial charge in [0.2, 0.25) is 0 Å². The number of aryl methyl sites for hydroxylation is 1. The maximum atomic E-state index is 12.7. The van der Waals surface area contributed by atoms with Crippen LogP contribution in [0, 0.1) is 12.7 Å². The molecule has 20 heavy (non-hydrogen) atoms. The van der Waals surface area contributed by atoms with Gasteiger partial charge in [-0.2, -0.15) is 0 Å². The van der Waals surface area contributed by atoms with E-state index in [4.69, 9.17) is 4.74 Å². The fourth-order valence-corrected chi connectivity index (χ4v) is 2.12. The molecule has 0 aromatic heterocycles. The molecule has 0 radical (unpaired) electrons. The number of halogens is 2. The second kappa shape index (κ2) is 6.52. The molecule has 0 saturated heterocycles. The summed E-state index contributed by atoms with van der Waals surface area (Å²) in [4.78, 5) is 11.7. The smallest absolute Gasteiger partial charge is 0.262 e. The Labute approximate surface area is 124 Å². The van der Waals surface area contributed by atoms with E-state index in [0.29, 0.717) is 11.4 Å². The van der Waals surface area contributed by atoms with Gasteiger partial charge in [0.25, 0.3) is 5.91 Å². The second-order valence-corrected chi connectivity index (χ2v) is 5.17. The van der Waals surface area contributed by atoms with E-state index in [9.17, 15) is 9.18 Å². The third-order valence-electron chi connectivity index (χ3n) is 2.62. The largest absolute Gasteiger partial charge is 0.483 e. The Balaban J connectivity index is 1.90. The van der Waals surface area contributed by atoms with E-state index in [1.54, 1.807) is 6.07 Å². The number of nitrogens with one attached hydrogen (secondary N) is 1. The number of ether oxygens (including phenoxy) is 1. The molecule has 5 heteroatoms. The predicted octanol–water partition coefficient (Wildman–Crippen LogP) is 3.91. The Bertz CT molecular complexity index is 614. The van der Waals surface area contributed by atoms with Gasteiger partial charge in [-0.3, -0.25) is 4.79 Å². The topological polar surface area (TPSA) is 38.3 Å². The number of anilines is 1. The SMILES string of the molecule is Cc1cc(Br)ccc1OCC(=O)Nc1ccc(F)cc1. The monoisotopic (exact) mass is 337 g/mol. The molecular formula is C15H13BrFNO2. The Morgan fingerprint density at radius 1 is 1.25 bits per heavy atom. The lowest BCUT2D eigenvalue weighted by atomic mass is 10.2. The van der Waals surface area contributed by atoms with Crippen LogP contribution in [0.1, 0.15) is 5.56 Å². The van der Waals surface area contributed by atoms with Crippen LogP contribution in [0.15, 0.2) is 46.9 Å². The molecule has 0 spiro atoms. The highest BCUT2D eigenvalue weighted by Gasteiger charge is 2.06. The molecular weight excluding hydrogens is 325 g/mol. The molecule has 104 valence electrons. The minimum Gasteiger partial charge on any atom is -0.483 e. The number of hydrogen-bond donors (Lipinski definition) is 1. The molecule has 0 aliphatic rings. The number of amides is 1. The minimum absolute atomic E-state index is 0.0974. The summed E-state index contributed by atoms with van der Waals surface area (Å²) >= 11 is 3.36. The Morgan fingerprint density at radius 3 is 2.60 bits per heavy atom. The lowest BCUT2D eigenvalue weighted by Crippen LogP contribution is -2.20. The van der Waals surface area contributed by atoms with E-state index in [0.717, 1.165) is 10.0 Å². The summed E-state index contributed by atoms with van der Waals surface area (Å²) in [6.07, 6.45) is 0. The molecule has 0 aliphatic carbocycles. The van der Waals surface area contributed by atoms with Crippen molar-refractivity contribution in [1.29, 1.82) is 0 Å². The quantitative estimate of drug-likeness (QED) is 0.918. The Hall–Kier alpha value is -1.88. The molecule has 2 aromatic carbocycles. The van der Waals surface area contributed by atoms with Crippen molar-refractivity contribution in [2.75, 3.05) is 11.9 Å². The minimum atomic E-state index is -0.343. The standard InChI is InChI=1S/C15H13BrFNO2/c1-10-8-11(16)2-7-14(10)20-9-15(19)18-13-5-3-12(17)4-6-13/h2-8H,9H2,1H3,(H,18,19). The normalized spacial score (nSPS) is 10.2. The first-order valence-corrected chi connectivity index (χ1v) is 6.78. The van der Waals surface area contributed by atoms with Crippen LogP contribution in [-0.4, -0.2) is 12.5 Å². The van der Waals surface area contributed by atoms with Crippen LogP contribution in [0.5, 0.6) is 5.75 Å². The molecule has 3 nitrogen and oxygen atoms in total. The summed E-state index contributed by atoms with van der Waals surface area (Å²) in [6, 6.07) is 11.1. The van der Waals surface area contributed by atoms with E-state index in [1.165, 1.54) is 24.3 Å². The number of rotatable bonds is 4. The van der Waals surface area contributed by atoms with Crippen LogP contribution in [0.25, 0.3) is 0 Å². The van der Waals surface area contributed by atoms with E-state index in [1.807, 2.05) is 19.1 Å². The molecule has 0 saturated carbocycles. The summed E-state index contributed by atoms with van der Waals surface area (Å²) in [7, 11) is 0. The van der Waals surface area contributed by atoms with Crippen LogP contribution >= 0.6 is 15.9 Å². The van der Waals surface area contributed by atoms with E-state index >= 15 is 0 Å². The third kappa shape index (κ3) is 4.06. The summed E-state index contributed by atoms with van der Waals surface area (Å²) in [5.41, 5.74) is 1.47. The molecule has 0 fully saturated rings. The summed E-state index contributed by atoms with van der Waals surface area (Å²) < 4.78 is 19.1. The van der Waals surface area contributed by atoms with Gasteiger partial charge in [-0.05, 0) is 55.0 Å². The molecule has 1 amide bonds. The van der Waals surface area contributed by atoms with Gasteiger partial charge in [0, 0.05) is 10.2 Å². The molecule has 2 aromatic rings. The van der Waals surface area contributed by atoms with Crippen LogP contribution in [-0.2, 0) is 4.79 Å². The fourth-order valence-electron chi connectivity index (χ4n) is 1.65. The van der Waals surface area contributed by atoms with Crippen molar-refractivity contribution >= 4 is 27.5 Å². The molecule has 0 aliphatic heterocycles. The molecule has 0 atom stereocenters. The highest BCUT2D eigenvalue weighted by Crippen LogP contribution is 2.22. The lowest BCUT2D eigenvalue weighted by molar-refractivity contribution is -0.118. The van der Waals surface area contributed by atoms with E-state index in [2.05, 4.69) is 21.2 Å². The first-order chi connectivity index (χ1) is 9.54. The van der Waals surface area contributed by atoms with Crippen molar-refractivity contribution < 1.29 is 13.9 Å². The van der Waals surface area contributed by atoms with Gasteiger partial charge in [-0.25, -0.2) is 4.39 Å². The van der Waals surface area contributed by atoms with Crippen LogP contribution in [0.4, 0.5) is 10.1 Å². The van der Waals surface area contributed by atoms with Gasteiger partial charge in [0.15, 0.2) is 6.61 Å². The number of carbonyl (C=O) groups excluding carboxylic acids is 1. The summed E-state index contributed by atoms with van der Waals surface area (Å²) in [5.74, 6) is 0.0196. The molecule has 0 unspecified atom stereocenters. The average Bonchev–Trinajstić information content (AvgIpc) is 2.40. The number of carbonyl (C=O) groups is 1. The van der Waals surface area contributed by atoms with Gasteiger partial charge in [0.05, 0.1) is 0 Å². The highest BCUT2D eigenvalue weighted by molar-refractivity contribution is 9.10. The van der Waals surface area contributed by atoms with E-state index < -0.39 is 0 Å². The van der Waals surface area contributed by atoms with Crippen molar-refractivity contribution in [3.8, 4) is 5.75 Å². The van der Waals surface area contributed by atoms with Crippen LogP contribution in [0.2, 0.25) is 0 Å². The van der Waals surface area contributed by atoms with Crippen molar-refractivity contribution in [2.24, 2.45) is 0 Å². The molecule has 1 N–H and O–H groups in total. The van der Waals surface area contributed by atoms with Crippen molar-refractivity contribution in [2.45, 2.75) is 6.92 Å². The first-order valence-electron chi connectivity index (χ1n) is 5.99. The Morgan fingerprint density at radius 2 is 1.95 bits per heavy atom. The molecule has 2 rings (SSSR count). The molecule has 0 heterocycles. The fraction of sp³-hybridized carbons (Fsp3) is 0.133. The highest BCUT2D eigenvalue weighted by atomic mass is 79.9. The van der Waals surface area contributed by atoms with Crippen LogP contribution < -0.4 is 10.1 Å². The van der Waals surface area contributed by atoms with Crippen LogP contribution in [0.3, 0.4) is 0 Å². The maximum Gasteiger partial charge on any atom is 0.262 e. The summed E-state index contributed by atoms with van der Waals surface area (Å²) in [6.45, 7) is 1.80. The zero-order valence-electron chi connectivity index (χ0n) is 10.8. The molecule has 0 bridgehead atoms. The van der Waals surface area contributed by atoms with Crippen molar-refractivity contribution in [3.63, 3.8) is 0 Å². The zero-order valence-corrected chi connectivity index (χ0v) is 12.4. The third-order valence-corrected chi connectivity index (χ3v) is 3.12. The van der Waals surface area contributed by atoms with Gasteiger partial charge < -0.3 is 10.1 Å². The average molecular weight is 338 g/mol. The van der Waals surface area contributed by atoms with Crippen molar-refractivity contribution in [3.05, 3.63) is 58.3 Å². The van der Waals surface area contributed by atoms with Gasteiger partial charge in [0.1, 0.15) is 11.6 Å². The van der Waals surface area contributed by atoms with E-state index in [-0.39, 0.29) is 18.3 Å². The Kier molecular flexibility index (Phi) is 4.74. The van der Waals surface area contributed by atoms with Crippen molar-refractivity contribution in [1.82, 2.24) is 0 Å². The zero-order chi connectivity index (χ0) is 14.5. The second-order valence-electron chi connectivity index (χ2n) is 4.25. The lowest BCUT2D eigenvalue weighted by Gasteiger charge is -2.09. The predicted molar refractivity (Wildman–Crippen MR) is 79.4 cm³/mol. The van der Waals surface area contributed by atoms with Gasteiger partial charge in [-0.1, -0.05) is 15.9 Å². The number of benzene rings is 2. The number of hydrogen-bond acceptors (Lipinski definition) is 2. The maximum absolute atomic E-state index is 12.7. The first kappa shape index (κ1) is 14.5. The van der Waals surface area contributed by atoms with Gasteiger partial charge in [-0.15, -0.1) is 0 Å². The summed E-state index contributed by atoms with van der Waals surface area (Å²) in [5, 5.41) is 2.63.